The van der Waals surface area contributed by atoms with Crippen molar-refractivity contribution in [3.8, 4) is 23.0 Å². The molecule has 0 N–H and O–H groups in total. The Hall–Kier alpha value is -5.56. The summed E-state index contributed by atoms with van der Waals surface area (Å²) < 4.78 is 25.3. The molecule has 43 heavy (non-hydrogen) atoms. The number of nitrogens with zero attached hydrogens (tertiary/aromatic N) is 1. The van der Waals surface area contributed by atoms with Crippen LogP contribution in [0, 0.1) is 10.1 Å². The Morgan fingerprint density at radius 3 is 1.60 bits per heavy atom. The highest BCUT2D eigenvalue weighted by atomic mass is 16.6. The van der Waals surface area contributed by atoms with Crippen molar-refractivity contribution in [3.63, 3.8) is 0 Å². The first kappa shape index (κ1) is 27.6. The Morgan fingerprint density at radius 1 is 0.628 bits per heavy atom. The van der Waals surface area contributed by atoms with E-state index in [4.69, 9.17) is 18.9 Å². The maximum Gasteiger partial charge on any atom is 0.291 e. The second kappa shape index (κ2) is 13.0. The molecule has 7 heteroatoms. The minimum atomic E-state index is -0.994. The zero-order chi connectivity index (χ0) is 29.4. The Morgan fingerprint density at radius 2 is 1.09 bits per heavy atom. The van der Waals surface area contributed by atoms with Crippen LogP contribution < -0.4 is 18.9 Å². The van der Waals surface area contributed by atoms with Crippen molar-refractivity contribution in [2.24, 2.45) is 0 Å². The van der Waals surface area contributed by atoms with Gasteiger partial charge in [-0.2, -0.15) is 0 Å². The summed E-state index contributed by atoms with van der Waals surface area (Å²) in [6, 6.07) is 40.1. The van der Waals surface area contributed by atoms with Gasteiger partial charge in [-0.05, 0) is 34.9 Å². The van der Waals surface area contributed by atoms with Crippen LogP contribution in [0.15, 0.2) is 133 Å². The van der Waals surface area contributed by atoms with Gasteiger partial charge in [-0.15, -0.1) is 0 Å². The summed E-state index contributed by atoms with van der Waals surface area (Å²) in [7, 11) is 0. The number of nitro groups is 1. The van der Waals surface area contributed by atoms with Crippen molar-refractivity contribution in [2.75, 3.05) is 0 Å². The first-order valence-corrected chi connectivity index (χ1v) is 13.9. The van der Waals surface area contributed by atoms with Crippen molar-refractivity contribution in [2.45, 2.75) is 25.9 Å². The van der Waals surface area contributed by atoms with E-state index in [0.717, 1.165) is 16.7 Å². The monoisotopic (exact) mass is 571 g/mol. The second-order valence-electron chi connectivity index (χ2n) is 10.0. The van der Waals surface area contributed by atoms with Crippen molar-refractivity contribution < 1.29 is 23.9 Å². The summed E-state index contributed by atoms with van der Waals surface area (Å²) in [6.45, 7) is 0.795. The van der Waals surface area contributed by atoms with Crippen LogP contribution in [0.2, 0.25) is 0 Å². The zero-order valence-electron chi connectivity index (χ0n) is 23.3. The van der Waals surface area contributed by atoms with E-state index >= 15 is 0 Å². The highest BCUT2D eigenvalue weighted by Crippen LogP contribution is 2.45. The van der Waals surface area contributed by atoms with Gasteiger partial charge in [0, 0.05) is 17.2 Å². The lowest BCUT2D eigenvalue weighted by Crippen LogP contribution is -2.20. The molecule has 1 aliphatic rings. The van der Waals surface area contributed by atoms with Gasteiger partial charge in [0.2, 0.25) is 11.9 Å². The van der Waals surface area contributed by atoms with Crippen LogP contribution in [-0.2, 0) is 19.8 Å². The molecule has 5 aromatic rings. The SMILES string of the molecule is O=[N+]([O-])C1=Cc2ccccc2OC1c1cc(OCc2ccccc2)c(OCc2ccccc2)c(OCc2ccccc2)c1. The highest BCUT2D eigenvalue weighted by molar-refractivity contribution is 5.63. The second-order valence-corrected chi connectivity index (χ2v) is 10.0. The highest BCUT2D eigenvalue weighted by Gasteiger charge is 2.35. The Bertz CT molecular complexity index is 1660. The summed E-state index contributed by atoms with van der Waals surface area (Å²) in [5.41, 5.74) is 3.97. The van der Waals surface area contributed by atoms with Gasteiger partial charge >= 0.3 is 0 Å². The van der Waals surface area contributed by atoms with Crippen molar-refractivity contribution >= 4 is 6.08 Å². The molecule has 0 radical (unpaired) electrons. The summed E-state index contributed by atoms with van der Waals surface area (Å²) in [5, 5.41) is 12.2. The molecule has 1 unspecified atom stereocenters. The Labute approximate surface area is 249 Å². The quantitative estimate of drug-likeness (QED) is 0.118. The van der Waals surface area contributed by atoms with Crippen LogP contribution in [0.3, 0.4) is 0 Å². The molecule has 6 rings (SSSR count). The van der Waals surface area contributed by atoms with Crippen molar-refractivity contribution in [1.82, 2.24) is 0 Å². The lowest BCUT2D eigenvalue weighted by molar-refractivity contribution is -0.434. The van der Waals surface area contributed by atoms with Crippen molar-refractivity contribution in [1.29, 1.82) is 0 Å². The molecule has 0 bridgehead atoms. The van der Waals surface area contributed by atoms with Crippen LogP contribution in [0.25, 0.3) is 6.08 Å². The van der Waals surface area contributed by atoms with Crippen LogP contribution >= 0.6 is 0 Å². The summed E-state index contributed by atoms with van der Waals surface area (Å²) in [6.07, 6.45) is 0.560. The topological polar surface area (TPSA) is 80.1 Å². The summed E-state index contributed by atoms with van der Waals surface area (Å²) in [5.74, 6) is 1.75. The molecule has 7 nitrogen and oxygen atoms in total. The number of hydrogen-bond acceptors (Lipinski definition) is 6. The van der Waals surface area contributed by atoms with E-state index in [1.165, 1.54) is 0 Å². The molecular formula is C36H29NO6. The smallest absolute Gasteiger partial charge is 0.291 e. The predicted molar refractivity (Wildman–Crippen MR) is 164 cm³/mol. The number of ether oxygens (including phenoxy) is 4. The normalized spacial score (nSPS) is 13.7. The average molecular weight is 572 g/mol. The molecule has 1 heterocycles. The van der Waals surface area contributed by atoms with E-state index < -0.39 is 11.0 Å². The maximum atomic E-state index is 12.2. The van der Waals surface area contributed by atoms with E-state index in [1.807, 2.05) is 103 Å². The van der Waals surface area contributed by atoms with Crippen LogP contribution in [0.4, 0.5) is 0 Å². The minimum Gasteiger partial charge on any atom is -0.485 e. The van der Waals surface area contributed by atoms with Crippen LogP contribution in [0.1, 0.15) is 33.9 Å². The van der Waals surface area contributed by atoms with Gasteiger partial charge in [0.1, 0.15) is 25.6 Å². The average Bonchev–Trinajstić information content (AvgIpc) is 3.06. The first-order chi connectivity index (χ1) is 21.1. The molecule has 0 aromatic heterocycles. The Kier molecular flexibility index (Phi) is 8.32. The number of fused-ring (bicyclic) bond motifs is 1. The standard InChI is InChI=1S/C36H29NO6/c38-37(39)31-20-29-18-10-11-19-32(29)43-35(31)30-21-33(40-23-26-12-4-1-5-13-26)36(42-25-28-16-8-3-9-17-28)34(22-30)41-24-27-14-6-2-7-15-27/h1-22,35H,23-25H2. The van der Waals surface area contributed by atoms with Gasteiger partial charge in [-0.3, -0.25) is 10.1 Å². The minimum absolute atomic E-state index is 0.0836. The third kappa shape index (κ3) is 6.68. The van der Waals surface area contributed by atoms with Gasteiger partial charge in [0.15, 0.2) is 11.5 Å². The molecule has 1 atom stereocenters. The molecule has 0 aliphatic carbocycles. The lowest BCUT2D eigenvalue weighted by Gasteiger charge is -2.25. The van der Waals surface area contributed by atoms with Gasteiger partial charge in [-0.25, -0.2) is 0 Å². The molecule has 0 saturated heterocycles. The number of hydrogen-bond donors (Lipinski definition) is 0. The first-order valence-electron chi connectivity index (χ1n) is 13.9. The third-order valence-electron chi connectivity index (χ3n) is 6.99. The van der Waals surface area contributed by atoms with Crippen LogP contribution in [-0.4, -0.2) is 4.92 Å². The van der Waals surface area contributed by atoms with Crippen LogP contribution in [0.5, 0.6) is 23.0 Å². The van der Waals surface area contributed by atoms with E-state index in [-0.39, 0.29) is 25.5 Å². The molecule has 0 amide bonds. The molecule has 0 saturated carbocycles. The van der Waals surface area contributed by atoms with E-state index in [9.17, 15) is 10.1 Å². The Balaban J connectivity index is 1.43. The third-order valence-corrected chi connectivity index (χ3v) is 6.99. The number of rotatable bonds is 11. The number of benzene rings is 5. The van der Waals surface area contributed by atoms with E-state index in [1.54, 1.807) is 30.3 Å². The fourth-order valence-corrected chi connectivity index (χ4v) is 4.82. The molecule has 1 aliphatic heterocycles. The molecule has 214 valence electrons. The molecule has 0 spiro atoms. The molecule has 5 aromatic carbocycles. The summed E-state index contributed by atoms with van der Waals surface area (Å²) in [4.78, 5) is 11.8. The molecule has 0 fully saturated rings. The summed E-state index contributed by atoms with van der Waals surface area (Å²) >= 11 is 0. The number of para-hydroxylation sites is 1. The molecular weight excluding hydrogens is 542 g/mol. The predicted octanol–water partition coefficient (Wildman–Crippen LogP) is 8.17. The fraction of sp³-hybridized carbons (Fsp3) is 0.111. The van der Waals surface area contributed by atoms with Gasteiger partial charge in [-0.1, -0.05) is 109 Å². The van der Waals surface area contributed by atoms with E-state index in [0.29, 0.717) is 34.1 Å². The largest absolute Gasteiger partial charge is 0.485 e. The van der Waals surface area contributed by atoms with Crippen molar-refractivity contribution in [3.05, 3.63) is 171 Å². The zero-order valence-corrected chi connectivity index (χ0v) is 23.3. The van der Waals surface area contributed by atoms with Gasteiger partial charge < -0.3 is 18.9 Å². The van der Waals surface area contributed by atoms with E-state index in [2.05, 4.69) is 0 Å². The fourth-order valence-electron chi connectivity index (χ4n) is 4.82. The lowest BCUT2D eigenvalue weighted by atomic mass is 10.00. The van der Waals surface area contributed by atoms with Gasteiger partial charge in [0.05, 0.1) is 4.92 Å². The maximum absolute atomic E-state index is 12.2. The van der Waals surface area contributed by atoms with Gasteiger partial charge in [0.25, 0.3) is 5.70 Å².